The molecule has 2 heterocycles. The molecule has 11 heteroatoms. The summed E-state index contributed by atoms with van der Waals surface area (Å²) in [5.74, 6) is -0.793. The molecular formula is C29H42FN5O3Si2. The molecule has 216 valence electrons. The predicted octanol–water partition coefficient (Wildman–Crippen LogP) is 7.01. The maximum atomic E-state index is 14.5. The minimum atomic E-state index is -2.18. The molecule has 8 nitrogen and oxygen atoms in total. The largest absolute Gasteiger partial charge is 0.410 e. The van der Waals surface area contributed by atoms with E-state index in [0.29, 0.717) is 23.6 Å². The van der Waals surface area contributed by atoms with Crippen molar-refractivity contribution in [3.05, 3.63) is 64.5 Å². The van der Waals surface area contributed by atoms with Crippen LogP contribution in [0, 0.1) is 24.1 Å². The van der Waals surface area contributed by atoms with Gasteiger partial charge in [-0.05, 0) is 62.3 Å². The molecule has 0 bridgehead atoms. The molecule has 40 heavy (non-hydrogen) atoms. The molecule has 0 N–H and O–H groups in total. The summed E-state index contributed by atoms with van der Waals surface area (Å²) in [5, 5.41) is 18.6. The van der Waals surface area contributed by atoms with Gasteiger partial charge in [0.05, 0.1) is 17.5 Å². The van der Waals surface area contributed by atoms with Crippen molar-refractivity contribution in [3.8, 4) is 11.8 Å². The highest BCUT2D eigenvalue weighted by Gasteiger charge is 2.39. The van der Waals surface area contributed by atoms with Crippen LogP contribution in [0.15, 0.2) is 30.3 Å². The molecule has 1 atom stereocenters. The van der Waals surface area contributed by atoms with E-state index in [-0.39, 0.29) is 28.9 Å². The van der Waals surface area contributed by atoms with E-state index in [2.05, 4.69) is 69.8 Å². The van der Waals surface area contributed by atoms with E-state index in [1.807, 2.05) is 6.92 Å². The molecule has 2 aromatic heterocycles. The lowest BCUT2D eigenvalue weighted by Crippen LogP contribution is -2.41. The van der Waals surface area contributed by atoms with E-state index in [4.69, 9.17) is 9.16 Å². The predicted molar refractivity (Wildman–Crippen MR) is 159 cm³/mol. The number of benzene rings is 1. The first-order valence-corrected chi connectivity index (χ1v) is 20.2. The van der Waals surface area contributed by atoms with Crippen molar-refractivity contribution in [1.29, 1.82) is 5.26 Å². The second-order valence-corrected chi connectivity index (χ2v) is 23.4. The van der Waals surface area contributed by atoms with E-state index in [1.54, 1.807) is 19.1 Å². The van der Waals surface area contributed by atoms with Crippen LogP contribution in [0.4, 0.5) is 4.39 Å². The number of halogens is 1. The first-order valence-electron chi connectivity index (χ1n) is 13.6. The highest BCUT2D eigenvalue weighted by atomic mass is 28.4. The van der Waals surface area contributed by atoms with Crippen LogP contribution in [0.25, 0.3) is 5.69 Å². The van der Waals surface area contributed by atoms with Gasteiger partial charge in [0, 0.05) is 26.3 Å². The smallest absolute Gasteiger partial charge is 0.231 e. The Labute approximate surface area is 239 Å². The summed E-state index contributed by atoms with van der Waals surface area (Å²) in [6.45, 7) is 21.9. The van der Waals surface area contributed by atoms with Crippen molar-refractivity contribution in [2.45, 2.75) is 91.3 Å². The monoisotopic (exact) mass is 583 g/mol. The van der Waals surface area contributed by atoms with Crippen LogP contribution in [0.2, 0.25) is 43.8 Å². The number of ether oxygens (including phenoxy) is 1. The van der Waals surface area contributed by atoms with Crippen LogP contribution in [0.3, 0.4) is 0 Å². The highest BCUT2D eigenvalue weighted by molar-refractivity contribution is 6.76. The van der Waals surface area contributed by atoms with Gasteiger partial charge in [-0.3, -0.25) is 4.79 Å². The van der Waals surface area contributed by atoms with Gasteiger partial charge in [-0.2, -0.15) is 15.5 Å². The molecular weight excluding hydrogens is 542 g/mol. The van der Waals surface area contributed by atoms with Crippen molar-refractivity contribution in [1.82, 2.24) is 19.6 Å². The number of carbonyl (C=O) groups is 1. The van der Waals surface area contributed by atoms with E-state index in [0.717, 1.165) is 6.04 Å². The molecule has 3 aromatic rings. The summed E-state index contributed by atoms with van der Waals surface area (Å²) in [5.41, 5.74) is 2.38. The zero-order valence-corrected chi connectivity index (χ0v) is 27.4. The highest BCUT2D eigenvalue weighted by Crippen LogP contribution is 2.40. The second kappa shape index (κ2) is 11.9. The normalized spacial score (nSPS) is 13.3. The third-order valence-electron chi connectivity index (χ3n) is 7.33. The zero-order chi connectivity index (χ0) is 30.0. The van der Waals surface area contributed by atoms with Gasteiger partial charge in [-0.25, -0.2) is 13.8 Å². The Hall–Kier alpha value is -2.92. The molecule has 0 aliphatic carbocycles. The third-order valence-corrected chi connectivity index (χ3v) is 13.6. The standard InChI is InChI=1S/C29H42FN5O3Si2/c1-20-15-27(28(36)25-17-23(18-31)34(33-25)19-37-13-14-39(6,7)8)35(32-20)26-12-11-22(30)16-24(26)21(2)38-40(9,10)29(3,4)5/h11-12,15-17,21H,13-14,19H2,1-10H3. The Kier molecular flexibility index (Phi) is 9.41. The van der Waals surface area contributed by atoms with Crippen LogP contribution in [-0.2, 0) is 15.9 Å². The minimum absolute atomic E-state index is 0.0339. The summed E-state index contributed by atoms with van der Waals surface area (Å²) < 4.78 is 29.8. The fraction of sp³-hybridized carbons (Fsp3) is 0.517. The topological polar surface area (TPSA) is 95.0 Å². The number of aryl methyl sites for hydroxylation is 1. The van der Waals surface area contributed by atoms with Gasteiger partial charge < -0.3 is 9.16 Å². The zero-order valence-electron chi connectivity index (χ0n) is 25.4. The Balaban J connectivity index is 1.97. The maximum absolute atomic E-state index is 14.5. The summed E-state index contributed by atoms with van der Waals surface area (Å²) >= 11 is 0. The third kappa shape index (κ3) is 7.43. The van der Waals surface area contributed by atoms with Crippen molar-refractivity contribution in [2.75, 3.05) is 6.61 Å². The number of nitriles is 1. The quantitative estimate of drug-likeness (QED) is 0.137. The molecule has 1 aromatic carbocycles. The number of rotatable bonds is 11. The lowest BCUT2D eigenvalue weighted by atomic mass is 10.1. The first kappa shape index (κ1) is 31.6. The van der Waals surface area contributed by atoms with Gasteiger partial charge in [-0.1, -0.05) is 40.4 Å². The Morgan fingerprint density at radius 1 is 1.12 bits per heavy atom. The summed E-state index contributed by atoms with van der Waals surface area (Å²) in [7, 11) is -3.44. The van der Waals surface area contributed by atoms with Crippen molar-refractivity contribution in [2.24, 2.45) is 0 Å². The summed E-state index contributed by atoms with van der Waals surface area (Å²) in [4.78, 5) is 13.7. The molecule has 0 spiro atoms. The fourth-order valence-electron chi connectivity index (χ4n) is 3.95. The average molecular weight is 584 g/mol. The molecule has 0 aliphatic heterocycles. The molecule has 0 saturated carbocycles. The minimum Gasteiger partial charge on any atom is -0.410 e. The Bertz CT molecular complexity index is 1410. The molecule has 1 unspecified atom stereocenters. The molecule has 0 radical (unpaired) electrons. The summed E-state index contributed by atoms with van der Waals surface area (Å²) in [6, 6.07) is 10.6. The Morgan fingerprint density at radius 2 is 1.80 bits per heavy atom. The number of aromatic nitrogens is 4. The van der Waals surface area contributed by atoms with E-state index < -0.39 is 34.1 Å². The van der Waals surface area contributed by atoms with E-state index >= 15 is 0 Å². The second-order valence-electron chi connectivity index (χ2n) is 13.0. The van der Waals surface area contributed by atoms with Crippen LogP contribution >= 0.6 is 0 Å². The van der Waals surface area contributed by atoms with Gasteiger partial charge in [-0.15, -0.1) is 0 Å². The van der Waals surface area contributed by atoms with Crippen LogP contribution < -0.4 is 0 Å². The lowest BCUT2D eigenvalue weighted by Gasteiger charge is -2.38. The lowest BCUT2D eigenvalue weighted by molar-refractivity contribution is 0.0773. The van der Waals surface area contributed by atoms with Crippen molar-refractivity contribution >= 4 is 22.2 Å². The van der Waals surface area contributed by atoms with Gasteiger partial charge in [0.1, 0.15) is 35.7 Å². The summed E-state index contributed by atoms with van der Waals surface area (Å²) in [6.07, 6.45) is -0.434. The SMILES string of the molecule is Cc1cc(C(=O)c2cc(C#N)n(COCC[Si](C)(C)C)n2)n(-c2ccc(F)cc2C(C)O[Si](C)(C)C(C)(C)C)n1. The van der Waals surface area contributed by atoms with Gasteiger partial charge >= 0.3 is 0 Å². The molecule has 0 aliphatic rings. The van der Waals surface area contributed by atoms with Gasteiger partial charge in [0.15, 0.2) is 8.32 Å². The molecule has 0 saturated heterocycles. The first-order chi connectivity index (χ1) is 18.4. The van der Waals surface area contributed by atoms with E-state index in [9.17, 15) is 14.4 Å². The van der Waals surface area contributed by atoms with Crippen LogP contribution in [0.1, 0.15) is 66.9 Å². The fourth-order valence-corrected chi connectivity index (χ4v) is 6.07. The number of hydrogen-bond donors (Lipinski definition) is 0. The molecule has 0 amide bonds. The maximum Gasteiger partial charge on any atom is 0.231 e. The number of nitrogens with zero attached hydrogens (tertiary/aromatic N) is 5. The van der Waals surface area contributed by atoms with Crippen LogP contribution in [-0.4, -0.2) is 48.3 Å². The van der Waals surface area contributed by atoms with E-state index in [1.165, 1.54) is 27.6 Å². The van der Waals surface area contributed by atoms with Gasteiger partial charge in [0.25, 0.3) is 0 Å². The number of hydrogen-bond acceptors (Lipinski definition) is 6. The Morgan fingerprint density at radius 3 is 2.40 bits per heavy atom. The number of ketones is 1. The van der Waals surface area contributed by atoms with Crippen molar-refractivity contribution < 1.29 is 18.3 Å². The van der Waals surface area contributed by atoms with Crippen molar-refractivity contribution in [3.63, 3.8) is 0 Å². The number of carbonyl (C=O) groups excluding carboxylic acids is 1. The van der Waals surface area contributed by atoms with Gasteiger partial charge in [0.2, 0.25) is 5.78 Å². The molecule has 3 rings (SSSR count). The van der Waals surface area contributed by atoms with Crippen LogP contribution in [0.5, 0.6) is 0 Å². The molecule has 0 fully saturated rings. The average Bonchev–Trinajstić information content (AvgIpc) is 3.43.